The molecular weight excluding hydrogens is 326 g/mol. The number of benzene rings is 1. The molecule has 0 bridgehead atoms. The molecule has 0 saturated carbocycles. The van der Waals surface area contributed by atoms with Crippen LogP contribution in [0, 0.1) is 6.92 Å². The summed E-state index contributed by atoms with van der Waals surface area (Å²) in [6.07, 6.45) is 1.80. The molecule has 1 aromatic carbocycles. The summed E-state index contributed by atoms with van der Waals surface area (Å²) >= 11 is 0. The Morgan fingerprint density at radius 2 is 1.96 bits per heavy atom. The van der Waals surface area contributed by atoms with E-state index >= 15 is 0 Å². The van der Waals surface area contributed by atoms with Crippen molar-refractivity contribution >= 4 is 35.9 Å². The predicted octanol–water partition coefficient (Wildman–Crippen LogP) is 3.58. The average molecular weight is 350 g/mol. The first-order valence-corrected chi connectivity index (χ1v) is 11.8. The van der Waals surface area contributed by atoms with E-state index in [1.165, 1.54) is 10.9 Å². The number of nitrogens with one attached hydrogen (secondary N) is 1. The fraction of sp³-hybridized carbons (Fsp3) is 0.200. The maximum absolute atomic E-state index is 11.6. The van der Waals surface area contributed by atoms with E-state index < -0.39 is 14.0 Å². The topological polar surface area (TPSA) is 71.8 Å². The lowest BCUT2D eigenvalue weighted by Gasteiger charge is -2.18. The van der Waals surface area contributed by atoms with Crippen molar-refractivity contribution in [1.29, 1.82) is 0 Å². The number of aryl methyl sites for hydroxylation is 1. The second-order valence-electron chi connectivity index (χ2n) is 7.40. The minimum Gasteiger partial charge on any atom is -0.366 e. The molecule has 4 nitrogen and oxygen atoms in total. The van der Waals surface area contributed by atoms with Gasteiger partial charge < -0.3 is 10.7 Å². The van der Waals surface area contributed by atoms with Crippen LogP contribution in [0.2, 0.25) is 19.6 Å². The summed E-state index contributed by atoms with van der Waals surface area (Å²) in [7, 11) is -1.63. The highest BCUT2D eigenvalue weighted by atomic mass is 28.3. The zero-order valence-electron chi connectivity index (χ0n) is 15.1. The molecule has 1 amide bonds. The van der Waals surface area contributed by atoms with Crippen LogP contribution in [-0.4, -0.2) is 23.9 Å². The van der Waals surface area contributed by atoms with Crippen LogP contribution in [0.25, 0.3) is 27.7 Å². The zero-order chi connectivity index (χ0) is 18.4. The van der Waals surface area contributed by atoms with Crippen molar-refractivity contribution in [2.45, 2.75) is 26.6 Å². The normalized spacial score (nSPS) is 11.7. The average Bonchev–Trinajstić information content (AvgIpc) is 2.94. The van der Waals surface area contributed by atoms with Crippen LogP contribution in [0.1, 0.15) is 11.1 Å². The van der Waals surface area contributed by atoms with Crippen LogP contribution in [0.15, 0.2) is 43.1 Å². The second kappa shape index (κ2) is 6.00. The Morgan fingerprint density at radius 3 is 2.60 bits per heavy atom. The van der Waals surface area contributed by atoms with Crippen molar-refractivity contribution in [1.82, 2.24) is 9.97 Å². The summed E-state index contributed by atoms with van der Waals surface area (Å²) in [5, 5.41) is 2.35. The number of amides is 1. The van der Waals surface area contributed by atoms with Crippen molar-refractivity contribution < 1.29 is 4.79 Å². The van der Waals surface area contributed by atoms with Crippen LogP contribution < -0.4 is 11.1 Å². The second-order valence-corrected chi connectivity index (χ2v) is 12.4. The molecule has 0 saturated heterocycles. The van der Waals surface area contributed by atoms with E-state index in [0.717, 1.165) is 27.7 Å². The summed E-state index contributed by atoms with van der Waals surface area (Å²) < 4.78 is 0. The number of nitrogens with zero attached hydrogens (tertiary/aromatic N) is 1. The lowest BCUT2D eigenvalue weighted by Crippen LogP contribution is -2.39. The molecule has 0 unspecified atom stereocenters. The minimum atomic E-state index is -1.63. The summed E-state index contributed by atoms with van der Waals surface area (Å²) in [4.78, 5) is 19.6. The number of hydrogen-bond donors (Lipinski definition) is 2. The molecule has 2 aromatic heterocycles. The summed E-state index contributed by atoms with van der Waals surface area (Å²) in [5.74, 6) is -0.494. The molecule has 0 atom stereocenters. The van der Waals surface area contributed by atoms with Gasteiger partial charge in [-0.3, -0.25) is 4.79 Å². The number of carbonyl (C=O) groups is 1. The van der Waals surface area contributed by atoms with Gasteiger partial charge in [-0.15, -0.1) is 0 Å². The Balaban J connectivity index is 2.32. The number of carbonyl (C=O) groups excluding carboxylic acids is 1. The number of nitrogens with two attached hydrogens (primary N) is 1. The highest BCUT2D eigenvalue weighted by molar-refractivity contribution is 6.89. The fourth-order valence-electron chi connectivity index (χ4n) is 3.12. The molecule has 0 aliphatic rings. The van der Waals surface area contributed by atoms with E-state index in [0.29, 0.717) is 5.57 Å². The molecule has 0 radical (unpaired) electrons. The van der Waals surface area contributed by atoms with Gasteiger partial charge in [-0.1, -0.05) is 38.4 Å². The van der Waals surface area contributed by atoms with E-state index in [4.69, 9.17) is 5.73 Å². The van der Waals surface area contributed by atoms with Crippen molar-refractivity contribution in [2.75, 3.05) is 0 Å². The number of aromatic amines is 1. The van der Waals surface area contributed by atoms with Crippen molar-refractivity contribution in [3.8, 4) is 11.1 Å². The Kier molecular flexibility index (Phi) is 4.12. The number of aromatic nitrogens is 2. The molecule has 128 valence electrons. The molecule has 0 aliphatic carbocycles. The van der Waals surface area contributed by atoms with Crippen LogP contribution in [0.4, 0.5) is 0 Å². The molecule has 0 spiro atoms. The monoisotopic (exact) mass is 349 g/mol. The fourth-order valence-corrected chi connectivity index (χ4v) is 4.64. The number of H-pyrrole nitrogens is 1. The number of pyridine rings is 1. The van der Waals surface area contributed by atoms with E-state index in [2.05, 4.69) is 48.3 Å². The molecule has 5 heteroatoms. The third-order valence-electron chi connectivity index (χ3n) is 4.47. The molecule has 0 fully saturated rings. The summed E-state index contributed by atoms with van der Waals surface area (Å²) in [6, 6.07) is 10.2. The van der Waals surface area contributed by atoms with Gasteiger partial charge in [-0.05, 0) is 41.8 Å². The van der Waals surface area contributed by atoms with E-state index in [1.807, 2.05) is 25.1 Å². The molecule has 3 aromatic rings. The Bertz CT molecular complexity index is 996. The van der Waals surface area contributed by atoms with Gasteiger partial charge in [0.15, 0.2) is 0 Å². The minimum absolute atomic E-state index is 0.340. The summed E-state index contributed by atoms with van der Waals surface area (Å²) in [6.45, 7) is 12.7. The first-order valence-electron chi connectivity index (χ1n) is 8.27. The van der Waals surface area contributed by atoms with Gasteiger partial charge in [0.1, 0.15) is 5.65 Å². The highest BCUT2D eigenvalue weighted by Crippen LogP contribution is 2.31. The van der Waals surface area contributed by atoms with Gasteiger partial charge in [0.25, 0.3) is 0 Å². The van der Waals surface area contributed by atoms with Crippen molar-refractivity contribution in [3.05, 3.63) is 54.2 Å². The molecular formula is C20H23N3OSi. The number of hydrogen-bond acceptors (Lipinski definition) is 2. The van der Waals surface area contributed by atoms with E-state index in [9.17, 15) is 4.79 Å². The van der Waals surface area contributed by atoms with Crippen LogP contribution in [0.3, 0.4) is 0 Å². The summed E-state index contributed by atoms with van der Waals surface area (Å²) in [5.41, 5.74) is 10.7. The molecule has 3 N–H and O–H groups in total. The quantitative estimate of drug-likeness (QED) is 0.558. The molecule has 25 heavy (non-hydrogen) atoms. The third kappa shape index (κ3) is 3.03. The first kappa shape index (κ1) is 17.2. The van der Waals surface area contributed by atoms with Gasteiger partial charge in [-0.25, -0.2) is 4.98 Å². The largest absolute Gasteiger partial charge is 0.366 e. The van der Waals surface area contributed by atoms with E-state index in [-0.39, 0.29) is 0 Å². The van der Waals surface area contributed by atoms with Crippen LogP contribution >= 0.6 is 0 Å². The highest BCUT2D eigenvalue weighted by Gasteiger charge is 2.26. The Morgan fingerprint density at radius 1 is 1.24 bits per heavy atom. The Labute approximate surface area is 148 Å². The van der Waals surface area contributed by atoms with Gasteiger partial charge in [0.2, 0.25) is 5.91 Å². The molecule has 0 aliphatic heterocycles. The Hall–Kier alpha value is -2.66. The molecule has 2 heterocycles. The van der Waals surface area contributed by atoms with Gasteiger partial charge >= 0.3 is 0 Å². The van der Waals surface area contributed by atoms with Gasteiger partial charge in [-0.2, -0.15) is 0 Å². The first-order chi connectivity index (χ1) is 11.7. The van der Waals surface area contributed by atoms with Crippen molar-refractivity contribution in [3.63, 3.8) is 0 Å². The van der Waals surface area contributed by atoms with Crippen LogP contribution in [0.5, 0.6) is 0 Å². The predicted molar refractivity (Wildman–Crippen MR) is 107 cm³/mol. The van der Waals surface area contributed by atoms with Crippen molar-refractivity contribution in [2.24, 2.45) is 5.73 Å². The number of rotatable bonds is 4. The third-order valence-corrected chi connectivity index (χ3v) is 6.34. The maximum atomic E-state index is 11.6. The standard InChI is InChI=1S/C20H23N3OSi/c1-12-8-9-14(11-16(12)13(2)18(21)24)17-15-7-6-10-22-19(15)23-20(17)25(3,4)5/h6-11H,2H2,1,3-5H3,(H2,21,24)(H,22,23). The lowest BCUT2D eigenvalue weighted by molar-refractivity contribution is -0.112. The zero-order valence-corrected chi connectivity index (χ0v) is 16.1. The lowest BCUT2D eigenvalue weighted by atomic mass is 9.95. The van der Waals surface area contributed by atoms with Gasteiger partial charge in [0.05, 0.1) is 8.07 Å². The van der Waals surface area contributed by atoms with Gasteiger partial charge in [0, 0.05) is 28.0 Å². The smallest absolute Gasteiger partial charge is 0.248 e. The number of fused-ring (bicyclic) bond motifs is 1. The van der Waals surface area contributed by atoms with E-state index in [1.54, 1.807) is 6.20 Å². The molecule has 3 rings (SSSR count). The number of primary amides is 1. The maximum Gasteiger partial charge on any atom is 0.248 e. The SMILES string of the molecule is C=C(C(N)=O)c1cc(-c2c([Si](C)(C)C)[nH]c3ncccc23)ccc1C. The van der Waals surface area contributed by atoms with Crippen LogP contribution in [-0.2, 0) is 4.79 Å².